The number of nitrogens with one attached hydrogen (secondary N) is 2. The molecule has 1 aromatic heterocycles. The predicted octanol–water partition coefficient (Wildman–Crippen LogP) is 0.557. The number of aromatic nitrogens is 1. The molecule has 1 aromatic rings. The maximum atomic E-state index is 11.9. The van der Waals surface area contributed by atoms with Crippen LogP contribution in [-0.4, -0.2) is 47.4 Å². The van der Waals surface area contributed by atoms with Crippen LogP contribution in [0, 0.1) is 0 Å². The fraction of sp³-hybridized carbons (Fsp3) is 0.500. The largest absolute Gasteiger partial charge is 0.480 e. The average molecular weight is 293 g/mol. The number of pyridine rings is 1. The first kappa shape index (κ1) is 15.2. The predicted molar refractivity (Wildman–Crippen MR) is 74.9 cm³/mol. The van der Waals surface area contributed by atoms with Crippen molar-refractivity contribution in [1.29, 1.82) is 0 Å². The molecule has 0 radical (unpaired) electrons. The Morgan fingerprint density at radius 1 is 1.29 bits per heavy atom. The third-order valence-corrected chi connectivity index (χ3v) is 3.56. The molecule has 21 heavy (non-hydrogen) atoms. The van der Waals surface area contributed by atoms with Crippen molar-refractivity contribution in [3.63, 3.8) is 0 Å². The van der Waals surface area contributed by atoms with E-state index in [1.165, 1.54) is 0 Å². The van der Waals surface area contributed by atoms with Crippen LogP contribution in [0.5, 0.6) is 0 Å². The highest BCUT2D eigenvalue weighted by Crippen LogP contribution is 2.20. The van der Waals surface area contributed by atoms with Crippen molar-refractivity contribution in [2.75, 3.05) is 19.8 Å². The number of aliphatic carboxylic acids is 1. The van der Waals surface area contributed by atoms with E-state index in [-0.39, 0.29) is 12.8 Å². The van der Waals surface area contributed by atoms with Crippen LogP contribution < -0.4 is 10.6 Å². The minimum Gasteiger partial charge on any atom is -0.480 e. The van der Waals surface area contributed by atoms with Crippen LogP contribution in [0.15, 0.2) is 24.5 Å². The second-order valence-electron chi connectivity index (χ2n) is 4.99. The van der Waals surface area contributed by atoms with Gasteiger partial charge in [-0.25, -0.2) is 9.59 Å². The summed E-state index contributed by atoms with van der Waals surface area (Å²) in [5.41, 5.74) is -0.164. The molecule has 3 N–H and O–H groups in total. The summed E-state index contributed by atoms with van der Waals surface area (Å²) >= 11 is 0. The first-order valence-corrected chi connectivity index (χ1v) is 6.88. The molecule has 1 aliphatic rings. The molecule has 2 rings (SSSR count). The SMILES string of the molecule is O=C(NCCc1ccncc1)NC1(C(=O)O)CCOCC1. The number of urea groups is 1. The Morgan fingerprint density at radius 3 is 2.57 bits per heavy atom. The van der Waals surface area contributed by atoms with Crippen LogP contribution in [0.3, 0.4) is 0 Å². The molecule has 114 valence electrons. The van der Waals surface area contributed by atoms with E-state index < -0.39 is 17.5 Å². The third kappa shape index (κ3) is 4.16. The lowest BCUT2D eigenvalue weighted by molar-refractivity contribution is -0.148. The second kappa shape index (κ2) is 7.03. The van der Waals surface area contributed by atoms with Gasteiger partial charge in [0.25, 0.3) is 0 Å². The van der Waals surface area contributed by atoms with E-state index in [2.05, 4.69) is 15.6 Å². The molecule has 1 aliphatic heterocycles. The molecule has 0 atom stereocenters. The van der Waals surface area contributed by atoms with E-state index in [0.29, 0.717) is 26.2 Å². The van der Waals surface area contributed by atoms with Gasteiger partial charge in [0.05, 0.1) is 0 Å². The normalized spacial score (nSPS) is 17.0. The van der Waals surface area contributed by atoms with Crippen molar-refractivity contribution >= 4 is 12.0 Å². The first-order valence-electron chi connectivity index (χ1n) is 6.88. The number of carboxylic acid groups (broad SMARTS) is 1. The lowest BCUT2D eigenvalue weighted by Crippen LogP contribution is -2.59. The number of amides is 2. The number of ether oxygens (including phenoxy) is 1. The molecule has 0 saturated carbocycles. The Balaban J connectivity index is 1.81. The van der Waals surface area contributed by atoms with Crippen molar-refractivity contribution in [3.05, 3.63) is 30.1 Å². The maximum absolute atomic E-state index is 11.9. The second-order valence-corrected chi connectivity index (χ2v) is 4.99. The zero-order chi connectivity index (χ0) is 15.1. The fourth-order valence-corrected chi connectivity index (χ4v) is 2.24. The molecular weight excluding hydrogens is 274 g/mol. The summed E-state index contributed by atoms with van der Waals surface area (Å²) in [5, 5.41) is 14.6. The van der Waals surface area contributed by atoms with Gasteiger partial charge in [-0.2, -0.15) is 0 Å². The standard InChI is InChI=1S/C14H19N3O4/c18-12(19)14(4-9-21-10-5-14)17-13(20)16-8-3-11-1-6-15-7-2-11/h1-2,6-7H,3-5,8-10H2,(H,18,19)(H2,16,17,20). The number of hydrogen-bond acceptors (Lipinski definition) is 4. The number of carboxylic acids is 1. The highest BCUT2D eigenvalue weighted by Gasteiger charge is 2.41. The highest BCUT2D eigenvalue weighted by atomic mass is 16.5. The number of nitrogens with zero attached hydrogens (tertiary/aromatic N) is 1. The molecule has 7 heteroatoms. The third-order valence-electron chi connectivity index (χ3n) is 3.56. The van der Waals surface area contributed by atoms with E-state index in [9.17, 15) is 14.7 Å². The van der Waals surface area contributed by atoms with Crippen LogP contribution in [0.1, 0.15) is 18.4 Å². The molecular formula is C14H19N3O4. The molecule has 0 aromatic carbocycles. The summed E-state index contributed by atoms with van der Waals surface area (Å²) in [6, 6.07) is 3.28. The van der Waals surface area contributed by atoms with Gasteiger partial charge in [-0.1, -0.05) is 0 Å². The maximum Gasteiger partial charge on any atom is 0.329 e. The zero-order valence-electron chi connectivity index (χ0n) is 11.7. The van der Waals surface area contributed by atoms with E-state index >= 15 is 0 Å². The summed E-state index contributed by atoms with van der Waals surface area (Å²) in [4.78, 5) is 27.2. The molecule has 2 heterocycles. The Labute approximate surface area is 122 Å². The smallest absolute Gasteiger partial charge is 0.329 e. The van der Waals surface area contributed by atoms with Crippen LogP contribution in [0.4, 0.5) is 4.79 Å². The van der Waals surface area contributed by atoms with Gasteiger partial charge in [0.1, 0.15) is 5.54 Å². The summed E-state index contributed by atoms with van der Waals surface area (Å²) in [5.74, 6) is -1.02. The molecule has 1 fully saturated rings. The summed E-state index contributed by atoms with van der Waals surface area (Å²) in [6.07, 6.45) is 4.60. The monoisotopic (exact) mass is 293 g/mol. The first-order chi connectivity index (χ1) is 10.1. The van der Waals surface area contributed by atoms with Gasteiger partial charge < -0.3 is 20.5 Å². The van der Waals surface area contributed by atoms with Crippen molar-refractivity contribution in [1.82, 2.24) is 15.6 Å². The number of carbonyl (C=O) groups is 2. The van der Waals surface area contributed by atoms with E-state index in [1.807, 2.05) is 12.1 Å². The topological polar surface area (TPSA) is 101 Å². The minimum atomic E-state index is -1.22. The lowest BCUT2D eigenvalue weighted by Gasteiger charge is -2.33. The number of hydrogen-bond donors (Lipinski definition) is 3. The minimum absolute atomic E-state index is 0.278. The van der Waals surface area contributed by atoms with Gasteiger partial charge in [0.2, 0.25) is 0 Å². The fourth-order valence-electron chi connectivity index (χ4n) is 2.24. The summed E-state index contributed by atoms with van der Waals surface area (Å²) in [7, 11) is 0. The van der Waals surface area contributed by atoms with E-state index in [4.69, 9.17) is 4.74 Å². The van der Waals surface area contributed by atoms with Crippen molar-refractivity contribution in [3.8, 4) is 0 Å². The van der Waals surface area contributed by atoms with Gasteiger partial charge in [-0.15, -0.1) is 0 Å². The van der Waals surface area contributed by atoms with Gasteiger partial charge in [-0.3, -0.25) is 4.98 Å². The Hall–Kier alpha value is -2.15. The van der Waals surface area contributed by atoms with Gasteiger partial charge in [0.15, 0.2) is 0 Å². The van der Waals surface area contributed by atoms with Crippen molar-refractivity contribution in [2.24, 2.45) is 0 Å². The molecule has 0 bridgehead atoms. The number of rotatable bonds is 5. The van der Waals surface area contributed by atoms with Crippen LogP contribution in [-0.2, 0) is 16.0 Å². The molecule has 1 saturated heterocycles. The molecule has 0 unspecified atom stereocenters. The van der Waals surface area contributed by atoms with Crippen molar-refractivity contribution < 1.29 is 19.4 Å². The highest BCUT2D eigenvalue weighted by molar-refractivity contribution is 5.86. The molecule has 0 aliphatic carbocycles. The Kier molecular flexibility index (Phi) is 5.10. The average Bonchev–Trinajstić information content (AvgIpc) is 2.49. The molecule has 7 nitrogen and oxygen atoms in total. The van der Waals surface area contributed by atoms with Gasteiger partial charge >= 0.3 is 12.0 Å². The van der Waals surface area contributed by atoms with E-state index in [0.717, 1.165) is 5.56 Å². The van der Waals surface area contributed by atoms with Crippen LogP contribution in [0.25, 0.3) is 0 Å². The van der Waals surface area contributed by atoms with Crippen molar-refractivity contribution in [2.45, 2.75) is 24.8 Å². The summed E-state index contributed by atoms with van der Waals surface area (Å²) in [6.45, 7) is 1.11. The van der Waals surface area contributed by atoms with Gasteiger partial charge in [-0.05, 0) is 24.1 Å². The Morgan fingerprint density at radius 2 is 1.95 bits per heavy atom. The van der Waals surface area contributed by atoms with Crippen LogP contribution >= 0.6 is 0 Å². The summed E-state index contributed by atoms with van der Waals surface area (Å²) < 4.78 is 5.15. The van der Waals surface area contributed by atoms with E-state index in [1.54, 1.807) is 12.4 Å². The Bertz CT molecular complexity index is 486. The van der Waals surface area contributed by atoms with Crippen LogP contribution in [0.2, 0.25) is 0 Å². The lowest BCUT2D eigenvalue weighted by atomic mass is 9.90. The number of carbonyl (C=O) groups excluding carboxylic acids is 1. The quantitative estimate of drug-likeness (QED) is 0.736. The zero-order valence-corrected chi connectivity index (χ0v) is 11.7. The molecule has 2 amide bonds. The molecule has 0 spiro atoms. The van der Waals surface area contributed by atoms with Gasteiger partial charge in [0, 0.05) is 45.0 Å².